The zero-order chi connectivity index (χ0) is 39.0. The van der Waals surface area contributed by atoms with Gasteiger partial charge < -0.3 is 79.2 Å². The lowest BCUT2D eigenvalue weighted by Gasteiger charge is -2.35. The lowest BCUT2D eigenvalue weighted by molar-refractivity contribution is 0.0667. The average Bonchev–Trinajstić information content (AvgIpc) is 2.92. The van der Waals surface area contributed by atoms with Crippen LogP contribution in [0.2, 0.25) is 0 Å². The van der Waals surface area contributed by atoms with Crippen molar-refractivity contribution in [1.82, 2.24) is 19.6 Å². The number of rotatable bonds is 16. The van der Waals surface area contributed by atoms with Crippen LogP contribution in [0.4, 0.5) is 0 Å². The molecule has 0 radical (unpaired) electrons. The molecular weight excluding hydrogens is 748 g/mol. The molecule has 1 aliphatic heterocycles. The lowest BCUT2D eigenvalue weighted by atomic mass is 10.2. The van der Waals surface area contributed by atoms with Gasteiger partial charge >= 0.3 is 30.4 Å². The molecule has 1 fully saturated rings. The first-order chi connectivity index (χ1) is 22.3. The van der Waals surface area contributed by atoms with E-state index in [0.717, 1.165) is 27.7 Å². The Kier molecular flexibility index (Phi) is 18.1. The van der Waals surface area contributed by atoms with Gasteiger partial charge in [0.1, 0.15) is 0 Å². The second-order valence-corrected chi connectivity index (χ2v) is 22.3. The topological polar surface area (TPSA) is 324 Å². The van der Waals surface area contributed by atoms with Crippen LogP contribution in [0, 0.1) is 0 Å². The minimum Gasteiger partial charge on any atom is -0.377 e. The van der Waals surface area contributed by atoms with E-state index in [1.54, 1.807) is 0 Å². The second kappa shape index (κ2) is 18.7. The van der Waals surface area contributed by atoms with E-state index >= 15 is 0 Å². The highest BCUT2D eigenvalue weighted by Gasteiger charge is 2.43. The van der Waals surface area contributed by atoms with Crippen LogP contribution in [0.3, 0.4) is 0 Å². The van der Waals surface area contributed by atoms with Gasteiger partial charge in [0.2, 0.25) is 0 Å². The van der Waals surface area contributed by atoms with Crippen molar-refractivity contribution in [2.75, 3.05) is 78.5 Å². The molecule has 1 rings (SSSR count). The van der Waals surface area contributed by atoms with Gasteiger partial charge in [-0.1, -0.05) is 0 Å². The summed E-state index contributed by atoms with van der Waals surface area (Å²) in [5, 5.41) is 32.5. The molecule has 0 aromatic rings. The van der Waals surface area contributed by atoms with Crippen LogP contribution in [-0.4, -0.2) is 179 Å². The molecule has 50 heavy (non-hydrogen) atoms. The molecule has 0 aromatic heterocycles. The molecule has 12 N–H and O–H groups in total. The van der Waals surface area contributed by atoms with Crippen molar-refractivity contribution in [3.63, 3.8) is 0 Å². The molecule has 4 atom stereocenters. The Morgan fingerprint density at radius 1 is 0.380 bits per heavy atom. The van der Waals surface area contributed by atoms with E-state index in [1.165, 1.54) is 0 Å². The SMILES string of the molecule is CC(O)(CCN1CCCN(CCC(C)(O)P(=O)(O)O)CCN(CCC(C)(O)P(=O)(O)O)CCCN(CCC(C)(O)P(=O)(O)O)CC1)P(=O)(O)O. The summed E-state index contributed by atoms with van der Waals surface area (Å²) < 4.78 is 47.4. The summed E-state index contributed by atoms with van der Waals surface area (Å²) >= 11 is 0. The summed E-state index contributed by atoms with van der Waals surface area (Å²) in [6, 6.07) is 0. The number of hydrogen-bond donors (Lipinski definition) is 12. The van der Waals surface area contributed by atoms with Crippen LogP contribution in [-0.2, 0) is 18.3 Å². The van der Waals surface area contributed by atoms with Crippen molar-refractivity contribution in [2.45, 2.75) is 87.6 Å². The highest BCUT2D eigenvalue weighted by Crippen LogP contribution is 2.52. The molecule has 1 heterocycles. The summed E-state index contributed by atoms with van der Waals surface area (Å²) in [6.07, 6.45) is -0.288. The van der Waals surface area contributed by atoms with Crippen molar-refractivity contribution in [2.24, 2.45) is 0 Å². The Hall–Kier alpha value is 0.280. The molecule has 300 valence electrons. The van der Waals surface area contributed by atoms with Gasteiger partial charge in [-0.2, -0.15) is 0 Å². The lowest BCUT2D eigenvalue weighted by Crippen LogP contribution is -2.44. The Morgan fingerprint density at radius 2 is 0.540 bits per heavy atom. The van der Waals surface area contributed by atoms with Crippen molar-refractivity contribution >= 4 is 30.4 Å². The van der Waals surface area contributed by atoms with Crippen molar-refractivity contribution in [1.29, 1.82) is 0 Å². The van der Waals surface area contributed by atoms with Gasteiger partial charge in [-0.15, -0.1) is 0 Å². The molecule has 0 spiro atoms. The maximum absolute atomic E-state index is 11.9. The number of nitrogens with zero attached hydrogens (tertiary/aromatic N) is 4. The van der Waals surface area contributed by atoms with Crippen LogP contribution < -0.4 is 0 Å². The van der Waals surface area contributed by atoms with Gasteiger partial charge in [-0.25, -0.2) is 0 Å². The predicted octanol–water partition coefficient (Wildman–Crippen LogP) is -0.907. The Labute approximate surface area is 293 Å². The highest BCUT2D eigenvalue weighted by molar-refractivity contribution is 7.54. The third-order valence-electron chi connectivity index (χ3n) is 9.48. The van der Waals surface area contributed by atoms with E-state index in [0.29, 0.717) is 39.0 Å². The Bertz CT molecular complexity index is 1060. The highest BCUT2D eigenvalue weighted by atomic mass is 31.2. The van der Waals surface area contributed by atoms with Gasteiger partial charge in [0.15, 0.2) is 21.4 Å². The average molecular weight is 809 g/mol. The Balaban J connectivity index is 3.34. The first-order valence-corrected chi connectivity index (χ1v) is 22.8. The summed E-state index contributed by atoms with van der Waals surface area (Å²) in [5.74, 6) is 0. The molecule has 24 heteroatoms. The monoisotopic (exact) mass is 808 g/mol. The molecule has 4 unspecified atom stereocenters. The van der Waals surface area contributed by atoms with Gasteiger partial charge in [0.25, 0.3) is 0 Å². The van der Waals surface area contributed by atoms with E-state index in [-0.39, 0.29) is 78.0 Å². The van der Waals surface area contributed by atoms with Crippen molar-refractivity contribution in [3.05, 3.63) is 0 Å². The van der Waals surface area contributed by atoms with Crippen LogP contribution in [0.15, 0.2) is 0 Å². The molecule has 0 aromatic carbocycles. The fourth-order valence-corrected chi connectivity index (χ4v) is 6.57. The first kappa shape index (κ1) is 48.3. The maximum Gasteiger partial charge on any atom is 0.356 e. The minimum absolute atomic E-state index is 0.0618. The standard InChI is InChI=1S/C26H60N4O16P4/c1-23(31,47(35,36)37)7-15-27-11-5-12-29(17-9-25(3,33)49(41,42)43)21-22-30(18-10-26(4,34)50(44,45)46)14-6-13-28(20-19-27)16-8-24(2,32)48(38,39)40/h31-34H,5-22H2,1-4H3,(H2,35,36,37)(H2,38,39,40)(H2,41,42,43)(H2,44,45,46). The summed E-state index contributed by atoms with van der Waals surface area (Å²) in [5.41, 5.74) is 0. The molecule has 1 aliphatic rings. The van der Waals surface area contributed by atoms with Gasteiger partial charge in [0, 0.05) is 78.0 Å². The van der Waals surface area contributed by atoms with Gasteiger partial charge in [-0.3, -0.25) is 18.3 Å². The first-order valence-electron chi connectivity index (χ1n) is 16.3. The fourth-order valence-electron chi connectivity index (χ4n) is 5.01. The molecule has 0 bridgehead atoms. The maximum atomic E-state index is 11.9. The van der Waals surface area contributed by atoms with Crippen LogP contribution >= 0.6 is 30.4 Å². The molecule has 0 amide bonds. The van der Waals surface area contributed by atoms with Crippen LogP contribution in [0.5, 0.6) is 0 Å². The van der Waals surface area contributed by atoms with E-state index in [4.69, 9.17) is 0 Å². The fraction of sp³-hybridized carbons (Fsp3) is 1.00. The van der Waals surface area contributed by atoms with E-state index in [1.807, 2.05) is 19.6 Å². The van der Waals surface area contributed by atoms with Crippen molar-refractivity contribution in [3.8, 4) is 0 Å². The summed E-state index contributed by atoms with van der Waals surface area (Å²) in [7, 11) is -19.5. The third-order valence-corrected chi connectivity index (χ3v) is 15.4. The van der Waals surface area contributed by atoms with Gasteiger partial charge in [-0.05, 0) is 66.7 Å². The zero-order valence-corrected chi connectivity index (χ0v) is 32.9. The third kappa shape index (κ3) is 15.9. The summed E-state index contributed by atoms with van der Waals surface area (Å²) in [6.45, 7) is 6.90. The predicted molar refractivity (Wildman–Crippen MR) is 184 cm³/mol. The summed E-state index contributed by atoms with van der Waals surface area (Å²) in [4.78, 5) is 84.3. The molecule has 1 saturated heterocycles. The van der Waals surface area contributed by atoms with E-state index in [9.17, 15) is 77.8 Å². The molecular formula is C26H60N4O16P4. The number of aliphatic hydroxyl groups is 4. The number of hydrogen-bond acceptors (Lipinski definition) is 12. The zero-order valence-electron chi connectivity index (χ0n) is 29.3. The van der Waals surface area contributed by atoms with E-state index in [2.05, 4.69) is 0 Å². The minimum atomic E-state index is -4.87. The van der Waals surface area contributed by atoms with E-state index < -0.39 is 51.8 Å². The molecule has 0 aliphatic carbocycles. The second-order valence-electron chi connectivity index (χ2n) is 14.1. The molecule has 20 nitrogen and oxygen atoms in total. The quantitative estimate of drug-likeness (QED) is 0.0840. The largest absolute Gasteiger partial charge is 0.377 e. The van der Waals surface area contributed by atoms with Crippen LogP contribution in [0.1, 0.15) is 66.2 Å². The Morgan fingerprint density at radius 3 is 0.680 bits per heavy atom. The molecule has 0 saturated carbocycles. The van der Waals surface area contributed by atoms with Crippen molar-refractivity contribution < 1.29 is 77.8 Å². The van der Waals surface area contributed by atoms with Gasteiger partial charge in [0.05, 0.1) is 0 Å². The smallest absolute Gasteiger partial charge is 0.356 e. The normalized spacial score (nSPS) is 23.7. The van der Waals surface area contributed by atoms with Crippen LogP contribution in [0.25, 0.3) is 0 Å².